The Balaban J connectivity index is 1.18. The monoisotopic (exact) mass is 725 g/mol. The largest absolute Gasteiger partial charge is 0.457 e. The summed E-state index contributed by atoms with van der Waals surface area (Å²) in [5.41, 5.74) is 12.3. The predicted octanol–water partition coefficient (Wildman–Crippen LogP) is 14.8. The van der Waals surface area contributed by atoms with E-state index in [1.54, 1.807) is 0 Å². The first-order valence-corrected chi connectivity index (χ1v) is 19.7. The van der Waals surface area contributed by atoms with E-state index in [-0.39, 0.29) is 0 Å². The molecule has 1 aliphatic heterocycles. The minimum absolute atomic E-state index is 0.602. The number of fused-ring (bicyclic) bond motifs is 10. The number of anilines is 3. The topological polar surface area (TPSA) is 12.5 Å². The zero-order valence-corrected chi connectivity index (χ0v) is 31.1. The molecule has 0 amide bonds. The molecular formula is C55H35NO. The van der Waals surface area contributed by atoms with Crippen molar-refractivity contribution in [3.8, 4) is 33.8 Å². The summed E-state index contributed by atoms with van der Waals surface area (Å²) in [6, 6.07) is 77.5. The fourth-order valence-corrected chi connectivity index (χ4v) is 9.90. The third-order valence-corrected chi connectivity index (χ3v) is 12.3. The molecule has 1 atom stereocenters. The first kappa shape index (κ1) is 31.9. The average molecular weight is 726 g/mol. The van der Waals surface area contributed by atoms with Crippen LogP contribution in [0.1, 0.15) is 22.3 Å². The lowest BCUT2D eigenvalue weighted by Crippen LogP contribution is -2.36. The molecule has 10 aromatic rings. The summed E-state index contributed by atoms with van der Waals surface area (Å²) >= 11 is 0. The van der Waals surface area contributed by atoms with Crippen LogP contribution in [0.25, 0.3) is 54.6 Å². The van der Waals surface area contributed by atoms with Crippen LogP contribution in [0.2, 0.25) is 0 Å². The van der Waals surface area contributed by atoms with Crippen molar-refractivity contribution in [2.45, 2.75) is 5.41 Å². The summed E-state index contributed by atoms with van der Waals surface area (Å²) in [5, 5.41) is 7.30. The van der Waals surface area contributed by atoms with Gasteiger partial charge in [0, 0.05) is 33.8 Å². The molecule has 0 bridgehead atoms. The summed E-state index contributed by atoms with van der Waals surface area (Å²) in [5.74, 6) is 1.73. The minimum atomic E-state index is -0.602. The maximum absolute atomic E-state index is 7.11. The Kier molecular flexibility index (Phi) is 6.88. The highest BCUT2D eigenvalue weighted by Crippen LogP contribution is 2.62. The van der Waals surface area contributed by atoms with Crippen LogP contribution in [0.15, 0.2) is 212 Å². The van der Waals surface area contributed by atoms with Gasteiger partial charge in [-0.05, 0) is 85.1 Å². The Morgan fingerprint density at radius 3 is 1.84 bits per heavy atom. The highest BCUT2D eigenvalue weighted by molar-refractivity contribution is 6.07. The van der Waals surface area contributed by atoms with E-state index in [2.05, 4.69) is 217 Å². The summed E-state index contributed by atoms with van der Waals surface area (Å²) in [4.78, 5) is 2.44. The zero-order chi connectivity index (χ0) is 37.5. The molecule has 0 saturated heterocycles. The summed E-state index contributed by atoms with van der Waals surface area (Å²) in [6.45, 7) is 0. The van der Waals surface area contributed by atoms with Crippen LogP contribution in [-0.2, 0) is 5.41 Å². The highest BCUT2D eigenvalue weighted by atomic mass is 16.5. The molecule has 10 aromatic carbocycles. The lowest BCUT2D eigenvalue weighted by molar-refractivity contribution is 0.435. The zero-order valence-electron chi connectivity index (χ0n) is 31.1. The second-order valence-corrected chi connectivity index (χ2v) is 15.2. The van der Waals surface area contributed by atoms with Crippen LogP contribution in [0.5, 0.6) is 11.5 Å². The van der Waals surface area contributed by atoms with Gasteiger partial charge in [-0.15, -0.1) is 0 Å². The van der Waals surface area contributed by atoms with Gasteiger partial charge in [0.15, 0.2) is 0 Å². The smallest absolute Gasteiger partial charge is 0.134 e. The molecule has 1 aliphatic carbocycles. The molecular weight excluding hydrogens is 691 g/mol. The Morgan fingerprint density at radius 1 is 0.351 bits per heavy atom. The molecule has 1 spiro atoms. The van der Waals surface area contributed by atoms with Crippen LogP contribution in [-0.4, -0.2) is 0 Å². The molecule has 1 unspecified atom stereocenters. The van der Waals surface area contributed by atoms with Gasteiger partial charge in [0.2, 0.25) is 0 Å². The van der Waals surface area contributed by atoms with E-state index < -0.39 is 5.41 Å². The lowest BCUT2D eigenvalue weighted by Gasteiger charge is -2.45. The molecule has 0 aromatic heterocycles. The van der Waals surface area contributed by atoms with Gasteiger partial charge in [-0.2, -0.15) is 0 Å². The Morgan fingerprint density at radius 2 is 0.965 bits per heavy atom. The molecule has 2 nitrogen and oxygen atoms in total. The van der Waals surface area contributed by atoms with Crippen molar-refractivity contribution in [1.82, 2.24) is 0 Å². The van der Waals surface area contributed by atoms with Gasteiger partial charge in [-0.25, -0.2) is 0 Å². The average Bonchev–Trinajstić information content (AvgIpc) is 3.28. The van der Waals surface area contributed by atoms with Gasteiger partial charge >= 0.3 is 0 Å². The molecule has 2 aliphatic rings. The summed E-state index contributed by atoms with van der Waals surface area (Å²) in [6.07, 6.45) is 0. The van der Waals surface area contributed by atoms with Gasteiger partial charge in [-0.1, -0.05) is 176 Å². The van der Waals surface area contributed by atoms with E-state index >= 15 is 0 Å². The fourth-order valence-electron chi connectivity index (χ4n) is 9.90. The lowest BCUT2D eigenvalue weighted by atomic mass is 9.58. The van der Waals surface area contributed by atoms with Gasteiger partial charge < -0.3 is 9.64 Å². The maximum Gasteiger partial charge on any atom is 0.134 e. The second kappa shape index (κ2) is 12.3. The van der Waals surface area contributed by atoms with E-state index in [1.807, 2.05) is 0 Å². The Labute approximate surface area is 331 Å². The Hall–Kier alpha value is -7.42. The van der Waals surface area contributed by atoms with Gasteiger partial charge in [0.05, 0.1) is 16.8 Å². The number of benzene rings is 10. The van der Waals surface area contributed by atoms with Crippen molar-refractivity contribution in [2.24, 2.45) is 0 Å². The van der Waals surface area contributed by atoms with Crippen molar-refractivity contribution in [3.05, 3.63) is 235 Å². The maximum atomic E-state index is 7.11. The Bertz CT molecular complexity index is 3230. The van der Waals surface area contributed by atoms with Crippen molar-refractivity contribution in [2.75, 3.05) is 4.90 Å². The fraction of sp³-hybridized carbons (Fsp3) is 0.0182. The van der Waals surface area contributed by atoms with Crippen molar-refractivity contribution >= 4 is 49.4 Å². The number of rotatable bonds is 4. The SMILES string of the molecule is c1ccc(-c2cc3ccccc3cc2N(c2ccc3c(c2)Oc2ccccc2C32c3ccccc3-c3cccc4cccc2c34)c2cccc3ccccc23)cc1. The molecule has 0 radical (unpaired) electrons. The number of ether oxygens (including phenoxy) is 1. The van der Waals surface area contributed by atoms with Crippen LogP contribution < -0.4 is 9.64 Å². The van der Waals surface area contributed by atoms with Crippen LogP contribution in [0, 0.1) is 0 Å². The molecule has 266 valence electrons. The molecule has 0 fully saturated rings. The highest BCUT2D eigenvalue weighted by Gasteiger charge is 2.49. The van der Waals surface area contributed by atoms with Crippen molar-refractivity contribution in [3.63, 3.8) is 0 Å². The number of nitrogens with zero attached hydrogens (tertiary/aromatic N) is 1. The normalized spacial score (nSPS) is 14.9. The van der Waals surface area contributed by atoms with Crippen molar-refractivity contribution in [1.29, 1.82) is 0 Å². The van der Waals surface area contributed by atoms with Gasteiger partial charge in [0.25, 0.3) is 0 Å². The third-order valence-electron chi connectivity index (χ3n) is 12.3. The van der Waals surface area contributed by atoms with E-state index in [1.165, 1.54) is 54.6 Å². The van der Waals surface area contributed by atoms with E-state index in [0.29, 0.717) is 0 Å². The van der Waals surface area contributed by atoms with Gasteiger partial charge in [0.1, 0.15) is 11.5 Å². The molecule has 12 rings (SSSR count). The number of para-hydroxylation sites is 1. The summed E-state index contributed by atoms with van der Waals surface area (Å²) in [7, 11) is 0. The first-order valence-electron chi connectivity index (χ1n) is 19.7. The van der Waals surface area contributed by atoms with E-state index in [0.717, 1.165) is 50.8 Å². The predicted molar refractivity (Wildman–Crippen MR) is 236 cm³/mol. The molecule has 0 saturated carbocycles. The van der Waals surface area contributed by atoms with Gasteiger partial charge in [-0.3, -0.25) is 0 Å². The van der Waals surface area contributed by atoms with Crippen LogP contribution >= 0.6 is 0 Å². The van der Waals surface area contributed by atoms with E-state index in [4.69, 9.17) is 4.74 Å². The van der Waals surface area contributed by atoms with Crippen molar-refractivity contribution < 1.29 is 4.74 Å². The van der Waals surface area contributed by atoms with E-state index in [9.17, 15) is 0 Å². The van der Waals surface area contributed by atoms with Crippen LogP contribution in [0.3, 0.4) is 0 Å². The minimum Gasteiger partial charge on any atom is -0.457 e. The molecule has 57 heavy (non-hydrogen) atoms. The number of hydrogen-bond donors (Lipinski definition) is 0. The number of hydrogen-bond acceptors (Lipinski definition) is 2. The third kappa shape index (κ3) is 4.59. The summed E-state index contributed by atoms with van der Waals surface area (Å²) < 4.78 is 7.11. The molecule has 1 heterocycles. The quantitative estimate of drug-likeness (QED) is 0.179. The molecule has 0 N–H and O–H groups in total. The van der Waals surface area contributed by atoms with Crippen LogP contribution in [0.4, 0.5) is 17.1 Å². The molecule has 2 heteroatoms. The first-order chi connectivity index (χ1) is 28.3. The second-order valence-electron chi connectivity index (χ2n) is 15.2. The standard InChI is InChI=1S/C55H35NO/c1-2-15-37(16-3-1)45-33-39-18-4-5-19-40(39)34-51(45)56(50-29-14-20-36-17-6-7-23-42(36)50)41-31-32-48-53(35-41)57-52-30-11-10-27-47(52)55(48)46-26-9-8-24-43(46)44-25-12-21-38-22-13-28-49(55)54(38)44/h1-35H.